The van der Waals surface area contributed by atoms with Crippen LogP contribution in [0.15, 0.2) is 18.2 Å². The second-order valence-electron chi connectivity index (χ2n) is 5.90. The largest absolute Gasteiger partial charge is 0.491 e. The van der Waals surface area contributed by atoms with Gasteiger partial charge in [0.05, 0.1) is 5.60 Å². The molecule has 0 aliphatic carbocycles. The summed E-state index contributed by atoms with van der Waals surface area (Å²) >= 11 is 0. The zero-order chi connectivity index (χ0) is 13.1. The Morgan fingerprint density at radius 1 is 1.32 bits per heavy atom. The predicted molar refractivity (Wildman–Crippen MR) is 75.6 cm³/mol. The highest BCUT2D eigenvalue weighted by molar-refractivity contribution is 5.37. The molecule has 3 nitrogen and oxygen atoms in total. The van der Waals surface area contributed by atoms with Crippen molar-refractivity contribution in [3.8, 4) is 5.75 Å². The Hall–Kier alpha value is -1.06. The lowest BCUT2D eigenvalue weighted by molar-refractivity contribution is -0.0888. The molecular weight excluding hydrogens is 238 g/mol. The maximum Gasteiger partial charge on any atom is 0.119 e. The first kappa shape index (κ1) is 12.9. The zero-order valence-electron chi connectivity index (χ0n) is 11.7. The van der Waals surface area contributed by atoms with Crippen LogP contribution >= 0.6 is 0 Å². The molecule has 0 radical (unpaired) electrons. The number of ether oxygens (including phenoxy) is 2. The Morgan fingerprint density at radius 3 is 3.11 bits per heavy atom. The predicted octanol–water partition coefficient (Wildman–Crippen LogP) is 2.67. The summed E-state index contributed by atoms with van der Waals surface area (Å²) in [6, 6.07) is 6.46. The van der Waals surface area contributed by atoms with E-state index >= 15 is 0 Å². The highest BCUT2D eigenvalue weighted by Gasteiger charge is 2.28. The lowest BCUT2D eigenvalue weighted by Crippen LogP contribution is -2.38. The van der Waals surface area contributed by atoms with Gasteiger partial charge in [-0.1, -0.05) is 6.07 Å². The van der Waals surface area contributed by atoms with Crippen LogP contribution in [0.4, 0.5) is 0 Å². The molecule has 0 saturated carbocycles. The van der Waals surface area contributed by atoms with Crippen molar-refractivity contribution in [1.29, 1.82) is 0 Å². The first-order chi connectivity index (χ1) is 9.25. The molecule has 2 aliphatic rings. The quantitative estimate of drug-likeness (QED) is 0.907. The van der Waals surface area contributed by atoms with Gasteiger partial charge >= 0.3 is 0 Å². The molecule has 19 heavy (non-hydrogen) atoms. The average Bonchev–Trinajstić information content (AvgIpc) is 2.46. The number of rotatable bonds is 3. The Labute approximate surface area is 115 Å². The van der Waals surface area contributed by atoms with E-state index in [2.05, 4.69) is 30.4 Å². The molecule has 0 amide bonds. The molecule has 1 aromatic rings. The maximum atomic E-state index is 5.97. The van der Waals surface area contributed by atoms with Crippen LogP contribution in [0.5, 0.6) is 5.75 Å². The van der Waals surface area contributed by atoms with E-state index in [1.165, 1.54) is 24.0 Å². The van der Waals surface area contributed by atoms with Gasteiger partial charge in [0, 0.05) is 13.2 Å². The van der Waals surface area contributed by atoms with Crippen LogP contribution in [0.2, 0.25) is 0 Å². The van der Waals surface area contributed by atoms with Crippen LogP contribution in [-0.2, 0) is 17.7 Å². The molecule has 1 saturated heterocycles. The standard InChI is InChI=1S/C16H23NO2/c1-16(7-2-3-9-19-16)12-18-15-5-4-14-11-17-8-6-13(14)10-15/h4-5,10,17H,2-3,6-9,11-12H2,1H3. The molecule has 1 aromatic carbocycles. The summed E-state index contributed by atoms with van der Waals surface area (Å²) < 4.78 is 11.8. The summed E-state index contributed by atoms with van der Waals surface area (Å²) in [5.41, 5.74) is 2.72. The maximum absolute atomic E-state index is 5.97. The molecule has 3 rings (SSSR count). The number of nitrogens with one attached hydrogen (secondary N) is 1. The molecule has 0 bridgehead atoms. The molecule has 1 N–H and O–H groups in total. The third-order valence-corrected chi connectivity index (χ3v) is 4.16. The van der Waals surface area contributed by atoms with Crippen molar-refractivity contribution in [2.45, 2.75) is 44.8 Å². The topological polar surface area (TPSA) is 30.5 Å². The van der Waals surface area contributed by atoms with E-state index in [-0.39, 0.29) is 5.60 Å². The van der Waals surface area contributed by atoms with E-state index in [0.29, 0.717) is 6.61 Å². The van der Waals surface area contributed by atoms with Crippen molar-refractivity contribution in [2.24, 2.45) is 0 Å². The molecule has 104 valence electrons. The highest BCUT2D eigenvalue weighted by Crippen LogP contribution is 2.27. The van der Waals surface area contributed by atoms with Gasteiger partial charge in [0.15, 0.2) is 0 Å². The summed E-state index contributed by atoms with van der Waals surface area (Å²) in [6.45, 7) is 5.74. The molecule has 2 heterocycles. The van der Waals surface area contributed by atoms with Crippen LogP contribution in [0.3, 0.4) is 0 Å². The van der Waals surface area contributed by atoms with Crippen molar-refractivity contribution in [1.82, 2.24) is 5.32 Å². The Balaban J connectivity index is 1.63. The van der Waals surface area contributed by atoms with Gasteiger partial charge in [0.2, 0.25) is 0 Å². The monoisotopic (exact) mass is 261 g/mol. The van der Waals surface area contributed by atoms with Crippen molar-refractivity contribution in [3.63, 3.8) is 0 Å². The van der Waals surface area contributed by atoms with E-state index < -0.39 is 0 Å². The Morgan fingerprint density at radius 2 is 2.26 bits per heavy atom. The molecular formula is C16H23NO2. The molecule has 0 spiro atoms. The zero-order valence-corrected chi connectivity index (χ0v) is 11.7. The Bertz CT molecular complexity index is 438. The van der Waals surface area contributed by atoms with E-state index in [1.54, 1.807) is 0 Å². The Kier molecular flexibility index (Phi) is 3.76. The fourth-order valence-electron chi connectivity index (χ4n) is 2.88. The van der Waals surface area contributed by atoms with Gasteiger partial charge < -0.3 is 14.8 Å². The lowest BCUT2D eigenvalue weighted by Gasteiger charge is -2.33. The van der Waals surface area contributed by atoms with Gasteiger partial charge in [-0.05, 0) is 62.4 Å². The first-order valence-electron chi connectivity index (χ1n) is 7.34. The fraction of sp³-hybridized carbons (Fsp3) is 0.625. The normalized spacial score (nSPS) is 26.8. The molecule has 0 aromatic heterocycles. The second-order valence-corrected chi connectivity index (χ2v) is 5.90. The SMILES string of the molecule is CC1(COc2ccc3c(c2)CCNC3)CCCCO1. The third-order valence-electron chi connectivity index (χ3n) is 4.16. The summed E-state index contributed by atoms with van der Waals surface area (Å²) in [4.78, 5) is 0. The van der Waals surface area contributed by atoms with Crippen molar-refractivity contribution in [3.05, 3.63) is 29.3 Å². The molecule has 1 unspecified atom stereocenters. The number of benzene rings is 1. The van der Waals surface area contributed by atoms with E-state index in [4.69, 9.17) is 9.47 Å². The molecule has 1 fully saturated rings. The third kappa shape index (κ3) is 3.10. The van der Waals surface area contributed by atoms with Crippen LogP contribution in [0.1, 0.15) is 37.3 Å². The lowest BCUT2D eigenvalue weighted by atomic mass is 9.97. The van der Waals surface area contributed by atoms with E-state index in [9.17, 15) is 0 Å². The number of hydrogen-bond acceptors (Lipinski definition) is 3. The number of hydrogen-bond donors (Lipinski definition) is 1. The van der Waals surface area contributed by atoms with Gasteiger partial charge in [0.25, 0.3) is 0 Å². The van der Waals surface area contributed by atoms with Crippen LogP contribution in [0, 0.1) is 0 Å². The van der Waals surface area contributed by atoms with Gasteiger partial charge in [-0.15, -0.1) is 0 Å². The van der Waals surface area contributed by atoms with E-state index in [0.717, 1.165) is 38.3 Å². The fourth-order valence-corrected chi connectivity index (χ4v) is 2.88. The number of fused-ring (bicyclic) bond motifs is 1. The van der Waals surface area contributed by atoms with Crippen LogP contribution in [-0.4, -0.2) is 25.4 Å². The first-order valence-corrected chi connectivity index (χ1v) is 7.34. The van der Waals surface area contributed by atoms with Gasteiger partial charge in [-0.2, -0.15) is 0 Å². The van der Waals surface area contributed by atoms with Crippen molar-refractivity contribution < 1.29 is 9.47 Å². The molecule has 2 aliphatic heterocycles. The second kappa shape index (κ2) is 5.51. The van der Waals surface area contributed by atoms with Crippen molar-refractivity contribution >= 4 is 0 Å². The molecule has 1 atom stereocenters. The summed E-state index contributed by atoms with van der Waals surface area (Å²) in [5.74, 6) is 0.982. The minimum atomic E-state index is -0.101. The minimum Gasteiger partial charge on any atom is -0.491 e. The smallest absolute Gasteiger partial charge is 0.119 e. The van der Waals surface area contributed by atoms with E-state index in [1.807, 2.05) is 0 Å². The summed E-state index contributed by atoms with van der Waals surface area (Å²) in [7, 11) is 0. The highest BCUT2D eigenvalue weighted by atomic mass is 16.5. The average molecular weight is 261 g/mol. The summed E-state index contributed by atoms with van der Waals surface area (Å²) in [6.07, 6.45) is 4.62. The van der Waals surface area contributed by atoms with Gasteiger partial charge in [-0.25, -0.2) is 0 Å². The van der Waals surface area contributed by atoms with Crippen molar-refractivity contribution in [2.75, 3.05) is 19.8 Å². The molecule has 3 heteroatoms. The van der Waals surface area contributed by atoms with Crippen LogP contribution < -0.4 is 10.1 Å². The van der Waals surface area contributed by atoms with Gasteiger partial charge in [-0.3, -0.25) is 0 Å². The minimum absolute atomic E-state index is 0.101. The summed E-state index contributed by atoms with van der Waals surface area (Å²) in [5, 5.41) is 3.39. The van der Waals surface area contributed by atoms with Gasteiger partial charge in [0.1, 0.15) is 12.4 Å². The van der Waals surface area contributed by atoms with Crippen LogP contribution in [0.25, 0.3) is 0 Å².